The van der Waals surface area contributed by atoms with Crippen LogP contribution in [0.5, 0.6) is 0 Å². The summed E-state index contributed by atoms with van der Waals surface area (Å²) in [4.78, 5) is 47.3. The van der Waals surface area contributed by atoms with Crippen molar-refractivity contribution in [2.24, 2.45) is 19.5 Å². The first kappa shape index (κ1) is 22.2. The Morgan fingerprint density at radius 3 is 2.32 bits per heavy atom. The van der Waals surface area contributed by atoms with E-state index in [4.69, 9.17) is 9.90 Å². The molecule has 2 aromatic heterocycles. The van der Waals surface area contributed by atoms with Crippen LogP contribution in [0.4, 0.5) is 13.2 Å². The number of hydrogen-bond donors (Lipinski definition) is 1. The van der Waals surface area contributed by atoms with Crippen LogP contribution in [0.25, 0.3) is 0 Å². The normalized spacial score (nSPS) is 19.8. The van der Waals surface area contributed by atoms with Crippen LogP contribution < -0.4 is 11.1 Å². The Kier molecular flexibility index (Phi) is 5.50. The number of nitrogens with zero attached hydrogens (tertiary/aromatic N) is 6. The number of aryl methyl sites for hydroxylation is 2. The Morgan fingerprint density at radius 1 is 1.13 bits per heavy atom. The van der Waals surface area contributed by atoms with E-state index in [0.29, 0.717) is 37.6 Å². The van der Waals surface area contributed by atoms with E-state index in [1.807, 2.05) is 0 Å². The number of alkyl halides is 3. The largest absolute Gasteiger partial charge is 0.490 e. The second-order valence-corrected chi connectivity index (χ2v) is 7.53. The summed E-state index contributed by atoms with van der Waals surface area (Å²) in [6, 6.07) is 1.70. The molecule has 1 atom stereocenters. The molecule has 2 aliphatic rings. The molecule has 0 radical (unpaired) electrons. The summed E-state index contributed by atoms with van der Waals surface area (Å²) in [5.41, 5.74) is -0.813. The highest BCUT2D eigenvalue weighted by atomic mass is 19.4. The third-order valence-corrected chi connectivity index (χ3v) is 5.33. The summed E-state index contributed by atoms with van der Waals surface area (Å²) >= 11 is 0. The van der Waals surface area contributed by atoms with Gasteiger partial charge in [0.2, 0.25) is 0 Å². The standard InChI is InChI=1S/C15H18N6O3.C2HF3O2/c1-18-10(3-5-16-18)12(22)20-6-4-15(8-20)7-11-17-19(2)13(23)14(24)21(11)9-15;3-2(4,5)1(6)7/h3,5H,4,6-9H2,1-2H3;(H,6,7). The highest BCUT2D eigenvalue weighted by Gasteiger charge is 2.46. The lowest BCUT2D eigenvalue weighted by atomic mass is 9.86. The fourth-order valence-electron chi connectivity index (χ4n) is 3.79. The van der Waals surface area contributed by atoms with Gasteiger partial charge in [-0.25, -0.2) is 9.48 Å². The van der Waals surface area contributed by atoms with E-state index in [9.17, 15) is 27.6 Å². The Morgan fingerprint density at radius 2 is 1.77 bits per heavy atom. The van der Waals surface area contributed by atoms with Crippen molar-refractivity contribution in [3.05, 3.63) is 44.5 Å². The van der Waals surface area contributed by atoms with Crippen molar-refractivity contribution in [1.82, 2.24) is 29.0 Å². The fourth-order valence-corrected chi connectivity index (χ4v) is 3.79. The number of carbonyl (C=O) groups is 2. The average Bonchev–Trinajstić information content (AvgIpc) is 3.38. The van der Waals surface area contributed by atoms with Gasteiger partial charge in [-0.3, -0.25) is 23.6 Å². The molecule has 14 heteroatoms. The molecule has 1 saturated heterocycles. The number of rotatable bonds is 1. The van der Waals surface area contributed by atoms with Crippen LogP contribution in [-0.4, -0.2) is 65.3 Å². The van der Waals surface area contributed by atoms with Crippen LogP contribution in [0, 0.1) is 5.41 Å². The molecule has 0 bridgehead atoms. The molecular formula is C17H19F3N6O5. The lowest BCUT2D eigenvalue weighted by molar-refractivity contribution is -0.192. The minimum absolute atomic E-state index is 0.0572. The Hall–Kier alpha value is -3.45. The highest BCUT2D eigenvalue weighted by molar-refractivity contribution is 5.92. The quantitative estimate of drug-likeness (QED) is 0.581. The van der Waals surface area contributed by atoms with Crippen LogP contribution in [0.2, 0.25) is 0 Å². The molecule has 1 N–H and O–H groups in total. The van der Waals surface area contributed by atoms with Crippen LogP contribution >= 0.6 is 0 Å². The maximum absolute atomic E-state index is 12.6. The van der Waals surface area contributed by atoms with Crippen molar-refractivity contribution in [3.63, 3.8) is 0 Å². The van der Waals surface area contributed by atoms with Crippen molar-refractivity contribution in [3.8, 4) is 0 Å². The first-order valence-electron chi connectivity index (χ1n) is 9.09. The minimum atomic E-state index is -5.08. The molecule has 4 rings (SSSR count). The maximum atomic E-state index is 12.6. The van der Waals surface area contributed by atoms with Gasteiger partial charge in [-0.2, -0.15) is 23.4 Å². The van der Waals surface area contributed by atoms with E-state index < -0.39 is 23.3 Å². The summed E-state index contributed by atoms with van der Waals surface area (Å²) < 4.78 is 35.9. The van der Waals surface area contributed by atoms with E-state index in [-0.39, 0.29) is 11.3 Å². The van der Waals surface area contributed by atoms with Crippen LogP contribution in [-0.2, 0) is 31.9 Å². The monoisotopic (exact) mass is 444 g/mol. The van der Waals surface area contributed by atoms with E-state index >= 15 is 0 Å². The van der Waals surface area contributed by atoms with Gasteiger partial charge in [-0.15, -0.1) is 0 Å². The molecule has 0 saturated carbocycles. The molecule has 1 spiro atoms. The van der Waals surface area contributed by atoms with E-state index in [1.165, 1.54) is 11.6 Å². The number of aliphatic carboxylic acids is 1. The minimum Gasteiger partial charge on any atom is -0.475 e. The number of hydrogen-bond acceptors (Lipinski definition) is 6. The van der Waals surface area contributed by atoms with Gasteiger partial charge < -0.3 is 10.0 Å². The zero-order valence-corrected chi connectivity index (χ0v) is 16.6. The fraction of sp³-hybridized carbons (Fsp3) is 0.529. The predicted octanol–water partition coefficient (Wildman–Crippen LogP) is -0.603. The summed E-state index contributed by atoms with van der Waals surface area (Å²) in [5, 5.41) is 15.4. The van der Waals surface area contributed by atoms with E-state index in [2.05, 4.69) is 10.2 Å². The topological polar surface area (TPSA) is 132 Å². The molecule has 2 aromatic rings. The van der Waals surface area contributed by atoms with Crippen molar-refractivity contribution < 1.29 is 27.9 Å². The average molecular weight is 444 g/mol. The first-order chi connectivity index (χ1) is 14.3. The number of amides is 1. The Bertz CT molecular complexity index is 1150. The van der Waals surface area contributed by atoms with Gasteiger partial charge in [0.15, 0.2) is 0 Å². The number of likely N-dealkylation sites (tertiary alicyclic amines) is 1. The van der Waals surface area contributed by atoms with Gasteiger partial charge in [0.1, 0.15) is 11.5 Å². The molecule has 0 aromatic carbocycles. The number of halogens is 3. The van der Waals surface area contributed by atoms with Crippen LogP contribution in [0.3, 0.4) is 0 Å². The van der Waals surface area contributed by atoms with Crippen LogP contribution in [0.1, 0.15) is 22.7 Å². The summed E-state index contributed by atoms with van der Waals surface area (Å²) in [7, 11) is 3.23. The number of aromatic nitrogens is 5. The predicted molar refractivity (Wildman–Crippen MR) is 97.3 cm³/mol. The van der Waals surface area contributed by atoms with Gasteiger partial charge in [0, 0.05) is 51.8 Å². The Labute approximate surface area is 172 Å². The van der Waals surface area contributed by atoms with Gasteiger partial charge in [-0.05, 0) is 12.5 Å². The molecule has 1 unspecified atom stereocenters. The molecule has 31 heavy (non-hydrogen) atoms. The molecule has 1 fully saturated rings. The van der Waals surface area contributed by atoms with Crippen molar-refractivity contribution in [2.45, 2.75) is 25.6 Å². The van der Waals surface area contributed by atoms with Crippen molar-refractivity contribution in [2.75, 3.05) is 13.1 Å². The van der Waals surface area contributed by atoms with E-state index in [1.54, 1.807) is 28.9 Å². The molecule has 0 aliphatic carbocycles. The zero-order valence-electron chi connectivity index (χ0n) is 16.6. The third kappa shape index (κ3) is 4.22. The molecule has 1 amide bonds. The van der Waals surface area contributed by atoms with Gasteiger partial charge in [0.25, 0.3) is 5.91 Å². The highest BCUT2D eigenvalue weighted by Crippen LogP contribution is 2.39. The van der Waals surface area contributed by atoms with Crippen molar-refractivity contribution in [1.29, 1.82) is 0 Å². The van der Waals surface area contributed by atoms with Crippen molar-refractivity contribution >= 4 is 11.9 Å². The van der Waals surface area contributed by atoms with Gasteiger partial charge >= 0.3 is 23.3 Å². The Balaban J connectivity index is 0.000000339. The first-order valence-corrected chi connectivity index (χ1v) is 9.09. The summed E-state index contributed by atoms with van der Waals surface area (Å²) in [5.74, 6) is -2.19. The number of fused-ring (bicyclic) bond motifs is 1. The lowest BCUT2D eigenvalue weighted by Crippen LogP contribution is -2.42. The van der Waals surface area contributed by atoms with Gasteiger partial charge in [-0.1, -0.05) is 0 Å². The second-order valence-electron chi connectivity index (χ2n) is 7.53. The smallest absolute Gasteiger partial charge is 0.475 e. The number of carboxylic acids is 1. The second kappa shape index (κ2) is 7.67. The van der Waals surface area contributed by atoms with E-state index in [0.717, 1.165) is 11.1 Å². The SMILES string of the molecule is Cn1nccc1C(=O)N1CCC2(Cc3nn(C)c(=O)c(=O)n3C2)C1.O=C(O)C(F)(F)F. The number of carboxylic acid groups (broad SMARTS) is 1. The zero-order chi connectivity index (χ0) is 23.1. The molecule has 2 aliphatic heterocycles. The molecule has 168 valence electrons. The number of carbonyl (C=O) groups excluding carboxylic acids is 1. The molecular weight excluding hydrogens is 425 g/mol. The summed E-state index contributed by atoms with van der Waals surface area (Å²) in [6.45, 7) is 1.63. The molecule has 11 nitrogen and oxygen atoms in total. The molecule has 4 heterocycles. The lowest BCUT2D eigenvalue weighted by Gasteiger charge is -2.22. The van der Waals surface area contributed by atoms with Crippen LogP contribution in [0.15, 0.2) is 21.9 Å². The summed E-state index contributed by atoms with van der Waals surface area (Å²) in [6.07, 6.45) is -2.09. The third-order valence-electron chi connectivity index (χ3n) is 5.33. The maximum Gasteiger partial charge on any atom is 0.490 e. The van der Waals surface area contributed by atoms with Gasteiger partial charge in [0.05, 0.1) is 0 Å².